The molecule has 1 aromatic rings. The summed E-state index contributed by atoms with van der Waals surface area (Å²) in [6.45, 7) is 1.65. The number of hydrogen-bond acceptors (Lipinski definition) is 4. The molecular formula is C25H33N3O4. The number of carbonyl (C=O) groups excluding carboxylic acids is 2. The maximum Gasteiger partial charge on any atom is 0.258 e. The largest absolute Gasteiger partial charge is 0.396 e. The van der Waals surface area contributed by atoms with Gasteiger partial charge in [0.2, 0.25) is 11.8 Å². The van der Waals surface area contributed by atoms with E-state index in [4.69, 9.17) is 0 Å². The fourth-order valence-corrected chi connectivity index (χ4v) is 6.53. The third kappa shape index (κ3) is 3.41. The van der Waals surface area contributed by atoms with Crippen molar-refractivity contribution in [3.8, 4) is 0 Å². The topological polar surface area (TPSA) is 91.6 Å². The van der Waals surface area contributed by atoms with Crippen molar-refractivity contribution in [2.24, 2.45) is 11.8 Å². The predicted molar refractivity (Wildman–Crippen MR) is 121 cm³/mol. The van der Waals surface area contributed by atoms with E-state index in [1.807, 2.05) is 12.1 Å². The number of aromatic nitrogens is 1. The molecule has 0 radical (unpaired) electrons. The number of amides is 2. The minimum atomic E-state index is -0.553. The second-order valence-electron chi connectivity index (χ2n) is 9.86. The number of fused-ring (bicyclic) bond motifs is 4. The van der Waals surface area contributed by atoms with Crippen LogP contribution < -0.4 is 10.9 Å². The van der Waals surface area contributed by atoms with Gasteiger partial charge < -0.3 is 19.9 Å². The highest BCUT2D eigenvalue weighted by Gasteiger charge is 2.57. The Bertz CT molecular complexity index is 1010. The normalized spacial score (nSPS) is 29.6. The van der Waals surface area contributed by atoms with Crippen molar-refractivity contribution in [3.63, 3.8) is 0 Å². The lowest BCUT2D eigenvalue weighted by atomic mass is 9.86. The molecule has 2 aliphatic heterocycles. The Morgan fingerprint density at radius 2 is 1.94 bits per heavy atom. The van der Waals surface area contributed by atoms with Crippen molar-refractivity contribution < 1.29 is 14.7 Å². The summed E-state index contributed by atoms with van der Waals surface area (Å²) in [6.07, 6.45) is 10.5. The number of pyridine rings is 1. The van der Waals surface area contributed by atoms with E-state index in [9.17, 15) is 19.5 Å². The van der Waals surface area contributed by atoms with Gasteiger partial charge in [-0.15, -0.1) is 0 Å². The van der Waals surface area contributed by atoms with Crippen LogP contribution in [-0.4, -0.2) is 45.1 Å². The van der Waals surface area contributed by atoms with Crippen LogP contribution >= 0.6 is 0 Å². The quantitative estimate of drug-likeness (QED) is 0.754. The minimum Gasteiger partial charge on any atom is -0.396 e. The van der Waals surface area contributed by atoms with Gasteiger partial charge in [-0.2, -0.15) is 0 Å². The maximum atomic E-state index is 13.5. The third-order valence-electron chi connectivity index (χ3n) is 8.05. The molecule has 1 aromatic heterocycles. The van der Waals surface area contributed by atoms with Crippen molar-refractivity contribution in [2.45, 2.75) is 83.0 Å². The van der Waals surface area contributed by atoms with Crippen molar-refractivity contribution in [1.29, 1.82) is 0 Å². The molecular weight excluding hydrogens is 406 g/mol. The van der Waals surface area contributed by atoms with E-state index in [1.165, 1.54) is 6.92 Å². The van der Waals surface area contributed by atoms with Gasteiger partial charge >= 0.3 is 0 Å². The second kappa shape index (κ2) is 8.50. The summed E-state index contributed by atoms with van der Waals surface area (Å²) in [6, 6.07) is 3.09. The summed E-state index contributed by atoms with van der Waals surface area (Å²) in [5, 5.41) is 13.5. The molecule has 7 heteroatoms. The lowest BCUT2D eigenvalue weighted by molar-refractivity contribution is -0.134. The molecule has 2 bridgehead atoms. The molecule has 2 aliphatic carbocycles. The molecule has 2 N–H and O–H groups in total. The van der Waals surface area contributed by atoms with Crippen LogP contribution in [0.3, 0.4) is 0 Å². The van der Waals surface area contributed by atoms with Gasteiger partial charge in [-0.05, 0) is 56.2 Å². The summed E-state index contributed by atoms with van der Waals surface area (Å²) in [4.78, 5) is 41.4. The lowest BCUT2D eigenvalue weighted by Crippen LogP contribution is -2.48. The molecule has 172 valence electrons. The van der Waals surface area contributed by atoms with Crippen molar-refractivity contribution in [2.75, 3.05) is 6.61 Å². The molecule has 0 aromatic carbocycles. The highest BCUT2D eigenvalue weighted by molar-refractivity contribution is 5.84. The summed E-state index contributed by atoms with van der Waals surface area (Å²) in [5.74, 6) is -1.16. The first-order valence-electron chi connectivity index (χ1n) is 12.1. The minimum absolute atomic E-state index is 0.0395. The number of aliphatic hydroxyl groups is 1. The Labute approximate surface area is 188 Å². The van der Waals surface area contributed by atoms with Gasteiger partial charge in [-0.3, -0.25) is 14.4 Å². The van der Waals surface area contributed by atoms with E-state index in [0.29, 0.717) is 12.2 Å². The van der Waals surface area contributed by atoms with Crippen molar-refractivity contribution >= 4 is 17.4 Å². The molecule has 3 heterocycles. The summed E-state index contributed by atoms with van der Waals surface area (Å²) >= 11 is 0. The SMILES string of the molecule is CC(=O)N1[C@@H]2Cn3c(ccc(C4=CCCCC4)c3=O)[C@H]1[C@@H](C(=O)NC1CCCC1)[C@@H]2CO. The smallest absolute Gasteiger partial charge is 0.258 e. The van der Waals surface area contributed by atoms with Crippen LogP contribution in [0.4, 0.5) is 0 Å². The fourth-order valence-electron chi connectivity index (χ4n) is 6.53. The van der Waals surface area contributed by atoms with Crippen LogP contribution in [-0.2, 0) is 16.1 Å². The maximum absolute atomic E-state index is 13.5. The van der Waals surface area contributed by atoms with E-state index in [0.717, 1.165) is 62.5 Å². The molecule has 1 saturated heterocycles. The zero-order valence-electron chi connectivity index (χ0n) is 18.8. The zero-order valence-corrected chi connectivity index (χ0v) is 18.8. The first-order valence-corrected chi connectivity index (χ1v) is 12.1. The molecule has 5 rings (SSSR count). The standard InChI is InChI=1S/C25H33N3O4/c1-15(30)28-21-13-27-20(12-11-18(25(27)32)16-7-3-2-4-8-16)23(28)22(19(21)14-29)24(31)26-17-9-5-6-10-17/h7,11-12,17,19,21-23,29H,2-6,8-10,13-14H2,1H3,(H,26,31)/t19-,21-,22+,23+/m1/s1. The Morgan fingerprint density at radius 1 is 1.16 bits per heavy atom. The van der Waals surface area contributed by atoms with Crippen LogP contribution in [0.5, 0.6) is 0 Å². The van der Waals surface area contributed by atoms with Crippen LogP contribution in [0.15, 0.2) is 23.0 Å². The van der Waals surface area contributed by atoms with Crippen LogP contribution in [0.2, 0.25) is 0 Å². The summed E-state index contributed by atoms with van der Waals surface area (Å²) < 4.78 is 1.77. The Hall–Kier alpha value is -2.41. The van der Waals surface area contributed by atoms with Gasteiger partial charge in [0, 0.05) is 43.3 Å². The average molecular weight is 440 g/mol. The van der Waals surface area contributed by atoms with Gasteiger partial charge in [-0.1, -0.05) is 18.9 Å². The molecule has 32 heavy (non-hydrogen) atoms. The molecule has 1 saturated carbocycles. The number of aliphatic hydroxyl groups excluding tert-OH is 1. The fraction of sp³-hybridized carbons (Fsp3) is 0.640. The monoisotopic (exact) mass is 439 g/mol. The van der Waals surface area contributed by atoms with Crippen LogP contribution in [0.1, 0.15) is 75.6 Å². The third-order valence-corrected chi connectivity index (χ3v) is 8.05. The van der Waals surface area contributed by atoms with Gasteiger partial charge in [0.1, 0.15) is 0 Å². The molecule has 0 unspecified atom stereocenters. The number of nitrogens with zero attached hydrogens (tertiary/aromatic N) is 2. The zero-order chi connectivity index (χ0) is 22.4. The van der Waals surface area contributed by atoms with Gasteiger partial charge in [-0.25, -0.2) is 0 Å². The Balaban J connectivity index is 1.56. The van der Waals surface area contributed by atoms with Gasteiger partial charge in [0.05, 0.1) is 18.0 Å². The summed E-state index contributed by atoms with van der Waals surface area (Å²) in [7, 11) is 0. The number of rotatable bonds is 4. The van der Waals surface area contributed by atoms with E-state index in [-0.39, 0.29) is 42.0 Å². The molecule has 4 atom stereocenters. The van der Waals surface area contributed by atoms with Gasteiger partial charge in [0.25, 0.3) is 5.56 Å². The average Bonchev–Trinajstić information content (AvgIpc) is 3.38. The Morgan fingerprint density at radius 3 is 2.59 bits per heavy atom. The Kier molecular flexibility index (Phi) is 5.70. The highest BCUT2D eigenvalue weighted by Crippen LogP contribution is 2.48. The number of hydrogen-bond donors (Lipinski definition) is 2. The lowest BCUT2D eigenvalue weighted by Gasteiger charge is -2.38. The number of carbonyl (C=O) groups is 2. The number of allylic oxidation sites excluding steroid dienone is 2. The summed E-state index contributed by atoms with van der Waals surface area (Å²) in [5.41, 5.74) is 2.51. The van der Waals surface area contributed by atoms with Crippen LogP contribution in [0, 0.1) is 11.8 Å². The number of nitrogens with one attached hydrogen (secondary N) is 1. The van der Waals surface area contributed by atoms with Crippen molar-refractivity contribution in [3.05, 3.63) is 39.8 Å². The molecule has 0 spiro atoms. The van der Waals surface area contributed by atoms with E-state index < -0.39 is 12.0 Å². The predicted octanol–water partition coefficient (Wildman–Crippen LogP) is 2.37. The van der Waals surface area contributed by atoms with E-state index in [2.05, 4.69) is 11.4 Å². The van der Waals surface area contributed by atoms with E-state index in [1.54, 1.807) is 9.47 Å². The molecule has 4 aliphatic rings. The second-order valence-corrected chi connectivity index (χ2v) is 9.86. The first-order chi connectivity index (χ1) is 15.5. The van der Waals surface area contributed by atoms with Gasteiger partial charge in [0.15, 0.2) is 0 Å². The molecule has 2 fully saturated rings. The molecule has 7 nitrogen and oxygen atoms in total. The molecule has 2 amide bonds. The van der Waals surface area contributed by atoms with E-state index >= 15 is 0 Å². The highest BCUT2D eigenvalue weighted by atomic mass is 16.3. The van der Waals surface area contributed by atoms with Crippen molar-refractivity contribution in [1.82, 2.24) is 14.8 Å². The van der Waals surface area contributed by atoms with Crippen LogP contribution in [0.25, 0.3) is 5.57 Å². The first kappa shape index (κ1) is 21.4.